The maximum absolute atomic E-state index is 12.4. The van der Waals surface area contributed by atoms with Gasteiger partial charge in [0, 0.05) is 11.9 Å². The maximum Gasteiger partial charge on any atom is 0.293 e. The Balaban J connectivity index is 2.20. The molecule has 0 saturated heterocycles. The summed E-state index contributed by atoms with van der Waals surface area (Å²) in [7, 11) is 1.51. The zero-order valence-electron chi connectivity index (χ0n) is 13.7. The fourth-order valence-corrected chi connectivity index (χ4v) is 2.43. The molecule has 1 atom stereocenters. The fourth-order valence-electron chi connectivity index (χ4n) is 2.18. The normalized spacial score (nSPS) is 11.7. The van der Waals surface area contributed by atoms with Gasteiger partial charge in [-0.05, 0) is 44.2 Å². The van der Waals surface area contributed by atoms with Crippen LogP contribution >= 0.6 is 11.6 Å². The van der Waals surface area contributed by atoms with E-state index >= 15 is 0 Å². The number of aromatic nitrogens is 1. The molecule has 1 N–H and O–H groups in total. The molecule has 6 nitrogen and oxygen atoms in total. The van der Waals surface area contributed by atoms with Gasteiger partial charge in [-0.3, -0.25) is 9.59 Å². The number of carbonyl (C=O) groups is 1. The predicted octanol–water partition coefficient (Wildman–Crippen LogP) is 3.11. The summed E-state index contributed by atoms with van der Waals surface area (Å²) in [4.78, 5) is 24.7. The molecule has 2 aromatic rings. The highest BCUT2D eigenvalue weighted by Gasteiger charge is 2.18. The van der Waals surface area contributed by atoms with Crippen LogP contribution in [0.4, 0.5) is 5.69 Å². The number of hydrogen-bond acceptors (Lipinski definition) is 4. The fraction of sp³-hybridized carbons (Fsp3) is 0.294. The second-order valence-electron chi connectivity index (χ2n) is 5.03. The Labute approximate surface area is 145 Å². The highest BCUT2D eigenvalue weighted by atomic mass is 35.5. The highest BCUT2D eigenvalue weighted by Crippen LogP contribution is 2.27. The second-order valence-corrected chi connectivity index (χ2v) is 5.44. The van der Waals surface area contributed by atoms with E-state index in [1.165, 1.54) is 11.7 Å². The van der Waals surface area contributed by atoms with Crippen molar-refractivity contribution in [1.82, 2.24) is 4.57 Å². The van der Waals surface area contributed by atoms with Crippen LogP contribution in [0.15, 0.2) is 41.3 Å². The summed E-state index contributed by atoms with van der Waals surface area (Å²) < 4.78 is 11.7. The van der Waals surface area contributed by atoms with Crippen molar-refractivity contribution in [2.24, 2.45) is 0 Å². The van der Waals surface area contributed by atoms with Crippen LogP contribution in [0.5, 0.6) is 11.5 Å². The summed E-state index contributed by atoms with van der Waals surface area (Å²) in [6, 6.07) is 7.46. The van der Waals surface area contributed by atoms with Crippen LogP contribution in [-0.4, -0.2) is 24.2 Å². The Bertz CT molecular complexity index is 788. The first-order valence-electron chi connectivity index (χ1n) is 7.46. The first kappa shape index (κ1) is 17.9. The third kappa shape index (κ3) is 3.89. The summed E-state index contributed by atoms with van der Waals surface area (Å²) in [6.45, 7) is 3.81. The summed E-state index contributed by atoms with van der Waals surface area (Å²) >= 11 is 6.04. The minimum atomic E-state index is -0.709. The number of rotatable bonds is 6. The SMILES string of the molecule is CCOc1cccn(C(C)C(=O)Nc2ccc(OC)c(Cl)c2)c1=O. The molecule has 7 heteroatoms. The van der Waals surface area contributed by atoms with Gasteiger partial charge in [-0.1, -0.05) is 11.6 Å². The van der Waals surface area contributed by atoms with E-state index in [2.05, 4.69) is 5.32 Å². The summed E-state index contributed by atoms with van der Waals surface area (Å²) in [5, 5.41) is 3.12. The molecule has 128 valence electrons. The zero-order valence-corrected chi connectivity index (χ0v) is 14.5. The average Bonchev–Trinajstić information content (AvgIpc) is 2.56. The Hall–Kier alpha value is -2.47. The second kappa shape index (κ2) is 7.88. The number of ether oxygens (including phenoxy) is 2. The first-order valence-corrected chi connectivity index (χ1v) is 7.84. The Morgan fingerprint density at radius 2 is 2.08 bits per heavy atom. The molecule has 0 fully saturated rings. The summed E-state index contributed by atoms with van der Waals surface area (Å²) in [5.41, 5.74) is 0.168. The average molecular weight is 351 g/mol. The number of anilines is 1. The van der Waals surface area contributed by atoms with Crippen LogP contribution < -0.4 is 20.3 Å². The van der Waals surface area contributed by atoms with Gasteiger partial charge in [-0.2, -0.15) is 0 Å². The smallest absolute Gasteiger partial charge is 0.293 e. The molecular weight excluding hydrogens is 332 g/mol. The zero-order chi connectivity index (χ0) is 17.7. The molecule has 2 rings (SSSR count). The Morgan fingerprint density at radius 3 is 2.71 bits per heavy atom. The molecule has 1 aromatic carbocycles. The molecular formula is C17H19ClN2O4. The van der Waals surface area contributed by atoms with E-state index in [-0.39, 0.29) is 17.2 Å². The van der Waals surface area contributed by atoms with E-state index in [9.17, 15) is 9.59 Å². The lowest BCUT2D eigenvalue weighted by atomic mass is 10.2. The molecule has 1 amide bonds. The van der Waals surface area contributed by atoms with Crippen LogP contribution in [0.1, 0.15) is 19.9 Å². The lowest BCUT2D eigenvalue weighted by Gasteiger charge is -2.16. The number of methoxy groups -OCH3 is 1. The van der Waals surface area contributed by atoms with Crippen molar-refractivity contribution in [1.29, 1.82) is 0 Å². The van der Waals surface area contributed by atoms with Crippen molar-refractivity contribution >= 4 is 23.2 Å². The molecule has 0 aliphatic carbocycles. The number of nitrogens with one attached hydrogen (secondary N) is 1. The number of halogens is 1. The minimum Gasteiger partial charge on any atom is -0.495 e. The van der Waals surface area contributed by atoms with Crippen LogP contribution in [0.25, 0.3) is 0 Å². The lowest BCUT2D eigenvalue weighted by Crippen LogP contribution is -2.31. The standard InChI is InChI=1S/C17H19ClN2O4/c1-4-24-15-6-5-9-20(17(15)22)11(2)16(21)19-12-7-8-14(23-3)13(18)10-12/h5-11H,4H2,1-3H3,(H,19,21). The van der Waals surface area contributed by atoms with Crippen LogP contribution in [0.2, 0.25) is 5.02 Å². The van der Waals surface area contributed by atoms with Gasteiger partial charge in [0.1, 0.15) is 11.8 Å². The molecule has 1 heterocycles. The van der Waals surface area contributed by atoms with Gasteiger partial charge >= 0.3 is 0 Å². The summed E-state index contributed by atoms with van der Waals surface area (Å²) in [5.74, 6) is 0.391. The van der Waals surface area contributed by atoms with Gasteiger partial charge in [0.2, 0.25) is 5.91 Å². The molecule has 1 unspecified atom stereocenters. The van der Waals surface area contributed by atoms with Crippen molar-refractivity contribution in [3.05, 3.63) is 51.9 Å². The van der Waals surface area contributed by atoms with Gasteiger partial charge < -0.3 is 19.4 Å². The molecule has 0 aliphatic rings. The molecule has 24 heavy (non-hydrogen) atoms. The number of nitrogens with zero attached hydrogens (tertiary/aromatic N) is 1. The van der Waals surface area contributed by atoms with Crippen molar-refractivity contribution in [3.63, 3.8) is 0 Å². The van der Waals surface area contributed by atoms with Gasteiger partial charge in [0.15, 0.2) is 5.75 Å². The molecule has 0 radical (unpaired) electrons. The lowest BCUT2D eigenvalue weighted by molar-refractivity contribution is -0.118. The van der Waals surface area contributed by atoms with E-state index < -0.39 is 6.04 Å². The van der Waals surface area contributed by atoms with Crippen LogP contribution in [0.3, 0.4) is 0 Å². The molecule has 0 spiro atoms. The van der Waals surface area contributed by atoms with Crippen LogP contribution in [-0.2, 0) is 4.79 Å². The third-order valence-electron chi connectivity index (χ3n) is 3.46. The van der Waals surface area contributed by atoms with Gasteiger partial charge in [0.05, 0.1) is 18.7 Å². The summed E-state index contributed by atoms with van der Waals surface area (Å²) in [6.07, 6.45) is 1.55. The van der Waals surface area contributed by atoms with E-state index in [4.69, 9.17) is 21.1 Å². The first-order chi connectivity index (χ1) is 11.5. The number of benzene rings is 1. The maximum atomic E-state index is 12.4. The van der Waals surface area contributed by atoms with Crippen molar-refractivity contribution in [2.75, 3.05) is 19.0 Å². The van der Waals surface area contributed by atoms with Crippen molar-refractivity contribution < 1.29 is 14.3 Å². The van der Waals surface area contributed by atoms with E-state index in [0.29, 0.717) is 23.1 Å². The predicted molar refractivity (Wildman–Crippen MR) is 93.2 cm³/mol. The number of carbonyl (C=O) groups excluding carboxylic acids is 1. The Kier molecular flexibility index (Phi) is 5.87. The van der Waals surface area contributed by atoms with E-state index in [1.807, 2.05) is 0 Å². The molecule has 0 bridgehead atoms. The largest absolute Gasteiger partial charge is 0.495 e. The molecule has 0 saturated carbocycles. The van der Waals surface area contributed by atoms with Crippen molar-refractivity contribution in [2.45, 2.75) is 19.9 Å². The van der Waals surface area contributed by atoms with Gasteiger partial charge in [-0.15, -0.1) is 0 Å². The monoisotopic (exact) mass is 350 g/mol. The molecule has 0 aliphatic heterocycles. The van der Waals surface area contributed by atoms with Crippen LogP contribution in [0, 0.1) is 0 Å². The quantitative estimate of drug-likeness (QED) is 0.869. The van der Waals surface area contributed by atoms with Gasteiger partial charge in [0.25, 0.3) is 5.56 Å². The highest BCUT2D eigenvalue weighted by molar-refractivity contribution is 6.32. The number of pyridine rings is 1. The minimum absolute atomic E-state index is 0.215. The third-order valence-corrected chi connectivity index (χ3v) is 3.75. The molecule has 1 aromatic heterocycles. The number of hydrogen-bond donors (Lipinski definition) is 1. The van der Waals surface area contributed by atoms with E-state index in [0.717, 1.165) is 0 Å². The topological polar surface area (TPSA) is 69.6 Å². The number of amides is 1. The van der Waals surface area contributed by atoms with E-state index in [1.54, 1.807) is 50.4 Å². The van der Waals surface area contributed by atoms with Gasteiger partial charge in [-0.25, -0.2) is 0 Å². The Morgan fingerprint density at radius 1 is 1.33 bits per heavy atom. The van der Waals surface area contributed by atoms with Crippen molar-refractivity contribution in [3.8, 4) is 11.5 Å².